The van der Waals surface area contributed by atoms with Crippen molar-refractivity contribution in [2.24, 2.45) is 0 Å². The molecule has 0 fully saturated rings. The topological polar surface area (TPSA) is 55.4 Å². The number of likely N-dealkylation sites (N-methyl/N-ethyl adjacent to an activating group) is 1. The first-order valence-electron chi connectivity index (χ1n) is 3.83. The maximum atomic E-state index is 10.7. The van der Waals surface area contributed by atoms with Crippen molar-refractivity contribution in [1.29, 1.82) is 0 Å². The molecule has 0 saturated heterocycles. The summed E-state index contributed by atoms with van der Waals surface area (Å²) in [4.78, 5) is 21.4. The highest BCUT2D eigenvalue weighted by atomic mass is 16.5. The van der Waals surface area contributed by atoms with E-state index in [9.17, 15) is 9.59 Å². The van der Waals surface area contributed by atoms with Crippen molar-refractivity contribution in [2.75, 3.05) is 13.2 Å². The van der Waals surface area contributed by atoms with E-state index in [0.29, 0.717) is 13.2 Å². The molecular formula is C8H13NO3. The molecule has 0 unspecified atom stereocenters. The summed E-state index contributed by atoms with van der Waals surface area (Å²) in [6, 6.07) is 0. The molecule has 0 aliphatic heterocycles. The number of rotatable bonds is 4. The van der Waals surface area contributed by atoms with Crippen LogP contribution in [0.4, 0.5) is 0 Å². The van der Waals surface area contributed by atoms with Gasteiger partial charge in [-0.05, 0) is 13.8 Å². The summed E-state index contributed by atoms with van der Waals surface area (Å²) in [6.07, 6.45) is 2.26. The lowest BCUT2D eigenvalue weighted by Crippen LogP contribution is -2.20. The highest BCUT2D eigenvalue weighted by molar-refractivity contribution is 5.94. The molecule has 0 rings (SSSR count). The molecule has 4 heteroatoms. The number of hydrogen-bond acceptors (Lipinski definition) is 3. The molecule has 0 atom stereocenters. The molecule has 1 N–H and O–H groups in total. The highest BCUT2D eigenvalue weighted by Crippen LogP contribution is 1.80. The van der Waals surface area contributed by atoms with Crippen LogP contribution in [0.2, 0.25) is 0 Å². The Bertz CT molecular complexity index is 167. The number of carbonyl (C=O) groups excluding carboxylic acids is 2. The van der Waals surface area contributed by atoms with Gasteiger partial charge in [0.2, 0.25) is 5.91 Å². The van der Waals surface area contributed by atoms with E-state index < -0.39 is 5.97 Å². The first kappa shape index (κ1) is 10.7. The molecular weight excluding hydrogens is 158 g/mol. The lowest BCUT2D eigenvalue weighted by atomic mass is 10.4. The number of esters is 1. The van der Waals surface area contributed by atoms with Gasteiger partial charge in [-0.2, -0.15) is 0 Å². The van der Waals surface area contributed by atoms with E-state index in [0.717, 1.165) is 12.2 Å². The molecule has 0 heterocycles. The van der Waals surface area contributed by atoms with Gasteiger partial charge in [-0.1, -0.05) is 0 Å². The molecule has 0 aromatic carbocycles. The Morgan fingerprint density at radius 3 is 2.50 bits per heavy atom. The molecule has 0 bridgehead atoms. The fraction of sp³-hybridized carbons (Fsp3) is 0.500. The fourth-order valence-electron chi connectivity index (χ4n) is 0.567. The molecule has 0 spiro atoms. The van der Waals surface area contributed by atoms with Crippen LogP contribution >= 0.6 is 0 Å². The van der Waals surface area contributed by atoms with Crippen LogP contribution in [0.1, 0.15) is 13.8 Å². The predicted molar refractivity (Wildman–Crippen MR) is 44.5 cm³/mol. The Kier molecular flexibility index (Phi) is 5.69. The molecule has 0 saturated carbocycles. The molecule has 0 aromatic heterocycles. The van der Waals surface area contributed by atoms with Crippen LogP contribution in [0.5, 0.6) is 0 Å². The number of carbonyl (C=O) groups is 2. The van der Waals surface area contributed by atoms with Crippen molar-refractivity contribution in [3.8, 4) is 0 Å². The fourth-order valence-corrected chi connectivity index (χ4v) is 0.567. The number of amides is 1. The maximum Gasteiger partial charge on any atom is 0.330 e. The first-order chi connectivity index (χ1) is 5.70. The molecule has 0 aliphatic carbocycles. The molecule has 68 valence electrons. The van der Waals surface area contributed by atoms with Crippen molar-refractivity contribution in [1.82, 2.24) is 5.32 Å². The van der Waals surface area contributed by atoms with Gasteiger partial charge in [0.25, 0.3) is 0 Å². The van der Waals surface area contributed by atoms with Gasteiger partial charge in [-0.15, -0.1) is 0 Å². The zero-order valence-corrected chi connectivity index (χ0v) is 7.29. The van der Waals surface area contributed by atoms with E-state index in [-0.39, 0.29) is 5.91 Å². The monoisotopic (exact) mass is 171 g/mol. The summed E-state index contributed by atoms with van der Waals surface area (Å²) < 4.78 is 4.56. The van der Waals surface area contributed by atoms with Crippen LogP contribution in [0.25, 0.3) is 0 Å². The van der Waals surface area contributed by atoms with Crippen molar-refractivity contribution >= 4 is 11.9 Å². The minimum atomic E-state index is -0.497. The summed E-state index contributed by atoms with van der Waals surface area (Å²) >= 11 is 0. The van der Waals surface area contributed by atoms with Crippen LogP contribution in [0.3, 0.4) is 0 Å². The van der Waals surface area contributed by atoms with Crippen LogP contribution in [0, 0.1) is 0 Å². The Balaban J connectivity index is 3.73. The van der Waals surface area contributed by atoms with Gasteiger partial charge in [-0.3, -0.25) is 4.79 Å². The third kappa shape index (κ3) is 5.46. The van der Waals surface area contributed by atoms with E-state index in [2.05, 4.69) is 10.1 Å². The van der Waals surface area contributed by atoms with Crippen LogP contribution in [-0.2, 0) is 14.3 Å². The predicted octanol–water partition coefficient (Wildman–Crippen LogP) is 0.242. The third-order valence-corrected chi connectivity index (χ3v) is 1.01. The molecule has 0 aliphatic rings. The second kappa shape index (κ2) is 6.39. The van der Waals surface area contributed by atoms with E-state index in [1.165, 1.54) is 0 Å². The highest BCUT2D eigenvalue weighted by Gasteiger charge is 1.95. The van der Waals surface area contributed by atoms with Gasteiger partial charge in [0.1, 0.15) is 0 Å². The van der Waals surface area contributed by atoms with Crippen molar-refractivity contribution < 1.29 is 14.3 Å². The lowest BCUT2D eigenvalue weighted by Gasteiger charge is -1.95. The quantitative estimate of drug-likeness (QED) is 0.487. The largest absolute Gasteiger partial charge is 0.463 e. The molecule has 0 radical (unpaired) electrons. The lowest BCUT2D eigenvalue weighted by molar-refractivity contribution is -0.137. The van der Waals surface area contributed by atoms with Crippen LogP contribution in [-0.4, -0.2) is 25.0 Å². The standard InChI is InChI=1S/C8H13NO3/c1-3-9-7(10)5-6-8(11)12-4-2/h5-6H,3-4H2,1-2H3,(H,9,10)/b6-5-. The van der Waals surface area contributed by atoms with E-state index in [1.807, 2.05) is 0 Å². The molecule has 0 aromatic rings. The molecule has 1 amide bonds. The number of ether oxygens (including phenoxy) is 1. The summed E-state index contributed by atoms with van der Waals surface area (Å²) in [7, 11) is 0. The minimum Gasteiger partial charge on any atom is -0.463 e. The summed E-state index contributed by atoms with van der Waals surface area (Å²) in [5, 5.41) is 2.51. The molecule has 12 heavy (non-hydrogen) atoms. The van der Waals surface area contributed by atoms with Gasteiger partial charge >= 0.3 is 5.97 Å². The number of nitrogens with one attached hydrogen (secondary N) is 1. The zero-order chi connectivity index (χ0) is 9.40. The van der Waals surface area contributed by atoms with Gasteiger partial charge in [0, 0.05) is 18.7 Å². The van der Waals surface area contributed by atoms with Crippen molar-refractivity contribution in [2.45, 2.75) is 13.8 Å². The molecule has 4 nitrogen and oxygen atoms in total. The van der Waals surface area contributed by atoms with Crippen LogP contribution < -0.4 is 5.32 Å². The SMILES string of the molecule is CCNC(=O)/C=C\C(=O)OCC. The maximum absolute atomic E-state index is 10.7. The Labute approximate surface area is 71.6 Å². The van der Waals surface area contributed by atoms with Crippen LogP contribution in [0.15, 0.2) is 12.2 Å². The summed E-state index contributed by atoms with van der Waals surface area (Å²) in [5.41, 5.74) is 0. The van der Waals surface area contributed by atoms with E-state index in [4.69, 9.17) is 0 Å². The van der Waals surface area contributed by atoms with Gasteiger partial charge in [0.05, 0.1) is 6.61 Å². The van der Waals surface area contributed by atoms with E-state index in [1.54, 1.807) is 13.8 Å². The first-order valence-corrected chi connectivity index (χ1v) is 3.83. The normalized spacial score (nSPS) is 9.83. The Morgan fingerprint density at radius 1 is 1.33 bits per heavy atom. The second-order valence-corrected chi connectivity index (χ2v) is 1.98. The second-order valence-electron chi connectivity index (χ2n) is 1.98. The summed E-state index contributed by atoms with van der Waals surface area (Å²) in [6.45, 7) is 4.37. The van der Waals surface area contributed by atoms with Gasteiger partial charge < -0.3 is 10.1 Å². The third-order valence-electron chi connectivity index (χ3n) is 1.01. The van der Waals surface area contributed by atoms with E-state index >= 15 is 0 Å². The Morgan fingerprint density at radius 2 is 2.00 bits per heavy atom. The van der Waals surface area contributed by atoms with Crippen molar-refractivity contribution in [3.63, 3.8) is 0 Å². The average molecular weight is 171 g/mol. The smallest absolute Gasteiger partial charge is 0.330 e. The van der Waals surface area contributed by atoms with Crippen molar-refractivity contribution in [3.05, 3.63) is 12.2 Å². The Hall–Kier alpha value is -1.32. The minimum absolute atomic E-state index is 0.287. The summed E-state index contributed by atoms with van der Waals surface area (Å²) in [5.74, 6) is -0.783. The van der Waals surface area contributed by atoms with Gasteiger partial charge in [-0.25, -0.2) is 4.79 Å². The average Bonchev–Trinajstić information content (AvgIpc) is 2.02. The van der Waals surface area contributed by atoms with Gasteiger partial charge in [0.15, 0.2) is 0 Å². The number of hydrogen-bond donors (Lipinski definition) is 1. The zero-order valence-electron chi connectivity index (χ0n) is 7.29.